The molecule has 0 radical (unpaired) electrons. The predicted octanol–water partition coefficient (Wildman–Crippen LogP) is 2.68. The fourth-order valence-electron chi connectivity index (χ4n) is 4.79. The first-order valence-electron chi connectivity index (χ1n) is 10.1. The smallest absolute Gasteiger partial charge is 0.272 e. The van der Waals surface area contributed by atoms with Crippen molar-refractivity contribution in [3.05, 3.63) is 53.9 Å². The predicted molar refractivity (Wildman–Crippen MR) is 107 cm³/mol. The van der Waals surface area contributed by atoms with Crippen LogP contribution in [0.1, 0.15) is 48.2 Å². The van der Waals surface area contributed by atoms with Gasteiger partial charge >= 0.3 is 0 Å². The summed E-state index contributed by atoms with van der Waals surface area (Å²) in [4.78, 5) is 29.8. The molecule has 0 aliphatic carbocycles. The van der Waals surface area contributed by atoms with E-state index in [4.69, 9.17) is 0 Å². The van der Waals surface area contributed by atoms with E-state index in [0.717, 1.165) is 51.0 Å². The van der Waals surface area contributed by atoms with Crippen LogP contribution in [0.4, 0.5) is 0 Å². The minimum absolute atomic E-state index is 0.0497. The summed E-state index contributed by atoms with van der Waals surface area (Å²) in [5, 5.41) is 4.11. The van der Waals surface area contributed by atoms with Crippen LogP contribution < -0.4 is 0 Å². The Morgan fingerprint density at radius 1 is 1.18 bits per heavy atom. The largest absolute Gasteiger partial charge is 0.342 e. The van der Waals surface area contributed by atoms with Crippen LogP contribution in [-0.2, 0) is 11.8 Å². The number of piperidine rings is 2. The van der Waals surface area contributed by atoms with Crippen molar-refractivity contribution < 1.29 is 9.59 Å². The molecule has 0 saturated carbocycles. The fourth-order valence-corrected chi connectivity index (χ4v) is 4.79. The first kappa shape index (κ1) is 18.7. The zero-order chi connectivity index (χ0) is 19.7. The third kappa shape index (κ3) is 3.32. The van der Waals surface area contributed by atoms with E-state index in [2.05, 4.69) is 24.2 Å². The lowest BCUT2D eigenvalue weighted by molar-refractivity contribution is -0.141. The van der Waals surface area contributed by atoms with Gasteiger partial charge < -0.3 is 9.80 Å². The van der Waals surface area contributed by atoms with Crippen LogP contribution in [0.3, 0.4) is 0 Å². The Bertz CT molecular complexity index is 852. The molecule has 6 nitrogen and oxygen atoms in total. The van der Waals surface area contributed by atoms with Crippen molar-refractivity contribution in [3.8, 4) is 0 Å². The number of likely N-dealkylation sites (N-methyl/N-ethyl adjacent to an activating group) is 1. The average Bonchev–Trinajstić information content (AvgIpc) is 3.16. The van der Waals surface area contributed by atoms with Gasteiger partial charge in [0.15, 0.2) is 0 Å². The van der Waals surface area contributed by atoms with Crippen molar-refractivity contribution in [2.24, 2.45) is 12.5 Å². The molecule has 2 aliphatic heterocycles. The summed E-state index contributed by atoms with van der Waals surface area (Å²) in [5.74, 6) is 0.218. The molecule has 1 atom stereocenters. The lowest BCUT2D eigenvalue weighted by Gasteiger charge is -2.49. The number of hydrogen-bond donors (Lipinski definition) is 0. The van der Waals surface area contributed by atoms with Gasteiger partial charge in [0.05, 0.1) is 5.92 Å². The molecule has 28 heavy (non-hydrogen) atoms. The second kappa shape index (κ2) is 7.41. The third-order valence-electron chi connectivity index (χ3n) is 6.51. The quantitative estimate of drug-likeness (QED) is 0.823. The molecular weight excluding hydrogens is 352 g/mol. The Morgan fingerprint density at radius 3 is 2.50 bits per heavy atom. The second-order valence-electron chi connectivity index (χ2n) is 8.15. The van der Waals surface area contributed by atoms with Crippen molar-refractivity contribution in [2.75, 3.05) is 26.2 Å². The summed E-state index contributed by atoms with van der Waals surface area (Å²) in [6.07, 6.45) is 4.41. The summed E-state index contributed by atoms with van der Waals surface area (Å²) in [7, 11) is 1.80. The van der Waals surface area contributed by atoms with E-state index < -0.39 is 0 Å². The molecule has 2 fully saturated rings. The lowest BCUT2D eigenvalue weighted by atomic mass is 9.67. The van der Waals surface area contributed by atoms with Gasteiger partial charge in [-0.05, 0) is 43.2 Å². The molecule has 2 amide bonds. The molecule has 6 heteroatoms. The third-order valence-corrected chi connectivity index (χ3v) is 6.51. The fraction of sp³-hybridized carbons (Fsp3) is 0.500. The van der Waals surface area contributed by atoms with E-state index >= 15 is 0 Å². The van der Waals surface area contributed by atoms with Crippen molar-refractivity contribution in [1.82, 2.24) is 19.6 Å². The number of carbonyl (C=O) groups is 2. The number of amides is 2. The summed E-state index contributed by atoms with van der Waals surface area (Å²) in [5.41, 5.74) is 1.83. The molecule has 3 heterocycles. The maximum absolute atomic E-state index is 13.0. The number of benzene rings is 1. The van der Waals surface area contributed by atoms with Gasteiger partial charge in [-0.2, -0.15) is 5.10 Å². The van der Waals surface area contributed by atoms with E-state index in [9.17, 15) is 9.59 Å². The highest BCUT2D eigenvalue weighted by Crippen LogP contribution is 2.45. The van der Waals surface area contributed by atoms with E-state index in [1.807, 2.05) is 28.0 Å². The molecule has 4 rings (SSSR count). The zero-order valence-electron chi connectivity index (χ0n) is 16.7. The standard InChI is InChI=1S/C22H28N4O2/c1-3-25-16-22(15-18(20(25)27)17-7-5-4-6-8-17)10-13-26(14-11-22)21(28)19-9-12-23-24(19)2/h4-9,12,18H,3,10-11,13-16H2,1-2H3/t18-/m0/s1. The zero-order valence-corrected chi connectivity index (χ0v) is 16.7. The van der Waals surface area contributed by atoms with Crippen LogP contribution in [0.15, 0.2) is 42.6 Å². The molecule has 0 N–H and O–H groups in total. The van der Waals surface area contributed by atoms with Gasteiger partial charge in [-0.15, -0.1) is 0 Å². The number of nitrogens with zero attached hydrogens (tertiary/aromatic N) is 4. The summed E-state index contributed by atoms with van der Waals surface area (Å²) >= 11 is 0. The van der Waals surface area contributed by atoms with Crippen LogP contribution in [0.25, 0.3) is 0 Å². The van der Waals surface area contributed by atoms with Crippen LogP contribution >= 0.6 is 0 Å². The highest BCUT2D eigenvalue weighted by molar-refractivity contribution is 5.92. The Morgan fingerprint density at radius 2 is 1.89 bits per heavy atom. The Kier molecular flexibility index (Phi) is 4.96. The lowest BCUT2D eigenvalue weighted by Crippen LogP contribution is -2.54. The van der Waals surface area contributed by atoms with Gasteiger partial charge in [-0.3, -0.25) is 14.3 Å². The minimum atomic E-state index is -0.0748. The number of hydrogen-bond acceptors (Lipinski definition) is 3. The SMILES string of the molecule is CCN1CC2(CCN(C(=O)c3ccnn3C)CC2)C[C@@H](c2ccccc2)C1=O. The highest BCUT2D eigenvalue weighted by Gasteiger charge is 2.46. The van der Waals surface area contributed by atoms with Crippen LogP contribution in [-0.4, -0.2) is 57.6 Å². The Hall–Kier alpha value is -2.63. The van der Waals surface area contributed by atoms with Crippen molar-refractivity contribution in [3.63, 3.8) is 0 Å². The Labute approximate surface area is 166 Å². The molecule has 2 aliphatic rings. The van der Waals surface area contributed by atoms with E-state index in [1.54, 1.807) is 24.0 Å². The molecule has 1 spiro atoms. The normalized spacial score (nSPS) is 21.9. The van der Waals surface area contributed by atoms with Crippen LogP contribution in [0, 0.1) is 5.41 Å². The summed E-state index contributed by atoms with van der Waals surface area (Å²) in [6.45, 7) is 5.07. The monoisotopic (exact) mass is 380 g/mol. The maximum Gasteiger partial charge on any atom is 0.272 e. The first-order valence-corrected chi connectivity index (χ1v) is 10.1. The molecule has 0 bridgehead atoms. The molecule has 148 valence electrons. The Balaban J connectivity index is 1.51. The van der Waals surface area contributed by atoms with Crippen LogP contribution in [0.2, 0.25) is 0 Å². The summed E-state index contributed by atoms with van der Waals surface area (Å²) < 4.78 is 1.64. The van der Waals surface area contributed by atoms with Crippen molar-refractivity contribution >= 4 is 11.8 Å². The number of aryl methyl sites for hydroxylation is 1. The van der Waals surface area contributed by atoms with Crippen LogP contribution in [0.5, 0.6) is 0 Å². The first-order chi connectivity index (χ1) is 13.5. The average molecular weight is 380 g/mol. The molecule has 2 saturated heterocycles. The van der Waals surface area contributed by atoms with Gasteiger partial charge in [0, 0.05) is 39.4 Å². The maximum atomic E-state index is 13.0. The molecule has 1 aromatic carbocycles. The van der Waals surface area contributed by atoms with E-state index in [0.29, 0.717) is 5.69 Å². The minimum Gasteiger partial charge on any atom is -0.342 e. The van der Waals surface area contributed by atoms with E-state index in [-0.39, 0.29) is 23.1 Å². The van der Waals surface area contributed by atoms with Gasteiger partial charge in [0.25, 0.3) is 5.91 Å². The highest BCUT2D eigenvalue weighted by atomic mass is 16.2. The number of rotatable bonds is 3. The van der Waals surface area contributed by atoms with E-state index in [1.165, 1.54) is 0 Å². The van der Waals surface area contributed by atoms with Crippen molar-refractivity contribution in [2.45, 2.75) is 32.1 Å². The summed E-state index contributed by atoms with van der Waals surface area (Å²) in [6, 6.07) is 11.9. The second-order valence-corrected chi connectivity index (χ2v) is 8.15. The number of aromatic nitrogens is 2. The molecule has 1 aromatic heterocycles. The number of carbonyl (C=O) groups excluding carboxylic acids is 2. The van der Waals surface area contributed by atoms with Crippen molar-refractivity contribution in [1.29, 1.82) is 0 Å². The molecular formula is C22H28N4O2. The van der Waals surface area contributed by atoms with Gasteiger partial charge in [0.1, 0.15) is 5.69 Å². The van der Waals surface area contributed by atoms with Gasteiger partial charge in [0.2, 0.25) is 5.91 Å². The van der Waals surface area contributed by atoms with Gasteiger partial charge in [-0.1, -0.05) is 30.3 Å². The topological polar surface area (TPSA) is 58.4 Å². The molecule has 0 unspecified atom stereocenters. The molecule has 2 aromatic rings. The van der Waals surface area contributed by atoms with Gasteiger partial charge in [-0.25, -0.2) is 0 Å². The number of likely N-dealkylation sites (tertiary alicyclic amines) is 2.